The van der Waals surface area contributed by atoms with Gasteiger partial charge in [0.25, 0.3) is 0 Å². The molecule has 2 aromatic carbocycles. The third-order valence-electron chi connectivity index (χ3n) is 2.49. The molecule has 0 aliphatic heterocycles. The van der Waals surface area contributed by atoms with Crippen LogP contribution in [0.25, 0.3) is 0 Å². The predicted molar refractivity (Wildman–Crippen MR) is 82.9 cm³/mol. The fourth-order valence-electron chi connectivity index (χ4n) is 1.46. The van der Waals surface area contributed by atoms with Crippen LogP contribution in [0.15, 0.2) is 64.2 Å². The number of amidine groups is 1. The second kappa shape index (κ2) is 7.44. The van der Waals surface area contributed by atoms with Crippen LogP contribution in [0.5, 0.6) is 5.75 Å². The largest absolute Gasteiger partial charge is 0.482 e. The first-order valence-corrected chi connectivity index (χ1v) is 6.91. The maximum absolute atomic E-state index is 11.5. The quantitative estimate of drug-likeness (QED) is 0.390. The molecule has 6 heteroatoms. The minimum atomic E-state index is -0.626. The van der Waals surface area contributed by atoms with Crippen LogP contribution in [0.2, 0.25) is 0 Å². The monoisotopic (exact) mass is 348 g/mol. The zero-order valence-corrected chi connectivity index (χ0v) is 12.6. The molecule has 108 valence electrons. The lowest BCUT2D eigenvalue weighted by Crippen LogP contribution is -2.17. The highest BCUT2D eigenvalue weighted by Gasteiger charge is 2.05. The number of hydrogen-bond donors (Lipinski definition) is 1. The molecule has 0 unspecified atom stereocenters. The van der Waals surface area contributed by atoms with Gasteiger partial charge in [-0.15, -0.1) is 0 Å². The number of benzene rings is 2. The Morgan fingerprint density at radius 1 is 1.10 bits per heavy atom. The molecule has 0 atom stereocenters. The standard InChI is InChI=1S/C15H13BrN2O3/c16-12-8-6-11(7-9-12)15(17)18-21-14(19)10-20-13-4-2-1-3-5-13/h1-9H,10H2,(H2,17,18). The van der Waals surface area contributed by atoms with Crippen LogP contribution in [0.1, 0.15) is 5.56 Å². The fraction of sp³-hybridized carbons (Fsp3) is 0.0667. The van der Waals surface area contributed by atoms with E-state index in [0.717, 1.165) is 4.47 Å². The summed E-state index contributed by atoms with van der Waals surface area (Å²) in [6.45, 7) is -0.235. The van der Waals surface area contributed by atoms with Crippen molar-refractivity contribution in [3.8, 4) is 5.75 Å². The number of carbonyl (C=O) groups is 1. The van der Waals surface area contributed by atoms with Crippen LogP contribution in [0.3, 0.4) is 0 Å². The zero-order chi connectivity index (χ0) is 15.1. The van der Waals surface area contributed by atoms with E-state index >= 15 is 0 Å². The van der Waals surface area contributed by atoms with Crippen molar-refractivity contribution in [1.29, 1.82) is 0 Å². The van der Waals surface area contributed by atoms with E-state index < -0.39 is 5.97 Å². The molecule has 0 amide bonds. The van der Waals surface area contributed by atoms with Gasteiger partial charge in [0.1, 0.15) is 5.75 Å². The first-order valence-electron chi connectivity index (χ1n) is 6.12. The molecule has 0 radical (unpaired) electrons. The lowest BCUT2D eigenvalue weighted by atomic mass is 10.2. The summed E-state index contributed by atoms with van der Waals surface area (Å²) in [5, 5.41) is 3.59. The van der Waals surface area contributed by atoms with Crippen molar-refractivity contribution in [2.24, 2.45) is 10.9 Å². The number of hydrogen-bond acceptors (Lipinski definition) is 4. The van der Waals surface area contributed by atoms with Gasteiger partial charge in [0, 0.05) is 10.0 Å². The van der Waals surface area contributed by atoms with Crippen molar-refractivity contribution >= 4 is 27.7 Å². The Morgan fingerprint density at radius 2 is 1.76 bits per heavy atom. The Labute approximate surface area is 130 Å². The van der Waals surface area contributed by atoms with Gasteiger partial charge in [-0.3, -0.25) is 0 Å². The molecule has 0 aliphatic rings. The van der Waals surface area contributed by atoms with E-state index in [4.69, 9.17) is 15.3 Å². The smallest absolute Gasteiger partial charge is 0.372 e. The predicted octanol–water partition coefficient (Wildman–Crippen LogP) is 2.69. The van der Waals surface area contributed by atoms with E-state index in [1.54, 1.807) is 24.3 Å². The Bertz CT molecular complexity index is 627. The molecule has 0 fully saturated rings. The van der Waals surface area contributed by atoms with Crippen LogP contribution < -0.4 is 10.5 Å². The number of nitrogens with zero attached hydrogens (tertiary/aromatic N) is 1. The van der Waals surface area contributed by atoms with E-state index in [9.17, 15) is 4.79 Å². The average molecular weight is 349 g/mol. The number of oxime groups is 1. The first kappa shape index (κ1) is 15.1. The highest BCUT2D eigenvalue weighted by Crippen LogP contribution is 2.10. The van der Waals surface area contributed by atoms with Crippen molar-refractivity contribution in [3.05, 3.63) is 64.6 Å². The molecule has 5 nitrogen and oxygen atoms in total. The molecule has 0 bridgehead atoms. The number of carbonyl (C=O) groups excluding carboxylic acids is 1. The second-order valence-corrected chi connectivity index (χ2v) is 4.96. The Morgan fingerprint density at radius 3 is 2.43 bits per heavy atom. The van der Waals surface area contributed by atoms with E-state index in [1.807, 2.05) is 30.3 Å². The molecule has 2 rings (SSSR count). The van der Waals surface area contributed by atoms with E-state index in [1.165, 1.54) is 0 Å². The summed E-state index contributed by atoms with van der Waals surface area (Å²) < 4.78 is 6.15. The minimum absolute atomic E-state index is 0.121. The van der Waals surface area contributed by atoms with Gasteiger partial charge < -0.3 is 15.3 Å². The Balaban J connectivity index is 1.85. The van der Waals surface area contributed by atoms with Crippen molar-refractivity contribution in [1.82, 2.24) is 0 Å². The van der Waals surface area contributed by atoms with Gasteiger partial charge in [0.2, 0.25) is 0 Å². The number of halogens is 1. The van der Waals surface area contributed by atoms with Crippen molar-refractivity contribution in [3.63, 3.8) is 0 Å². The fourth-order valence-corrected chi connectivity index (χ4v) is 1.72. The van der Waals surface area contributed by atoms with Crippen LogP contribution >= 0.6 is 15.9 Å². The molecule has 0 aromatic heterocycles. The van der Waals surface area contributed by atoms with Gasteiger partial charge in [-0.2, -0.15) is 0 Å². The first-order chi connectivity index (χ1) is 10.1. The van der Waals surface area contributed by atoms with Crippen molar-refractivity contribution in [2.75, 3.05) is 6.61 Å². The van der Waals surface area contributed by atoms with Crippen LogP contribution in [0, 0.1) is 0 Å². The maximum Gasteiger partial charge on any atom is 0.372 e. The minimum Gasteiger partial charge on any atom is -0.482 e. The summed E-state index contributed by atoms with van der Waals surface area (Å²) in [5.41, 5.74) is 6.38. The topological polar surface area (TPSA) is 73.9 Å². The molecule has 0 heterocycles. The molecule has 0 saturated carbocycles. The maximum atomic E-state index is 11.5. The van der Waals surface area contributed by atoms with Gasteiger partial charge in [-0.25, -0.2) is 4.79 Å². The SMILES string of the molecule is NC(=NOC(=O)COc1ccccc1)c1ccc(Br)cc1. The van der Waals surface area contributed by atoms with Crippen LogP contribution in [-0.4, -0.2) is 18.4 Å². The molecule has 0 spiro atoms. The average Bonchev–Trinajstić information content (AvgIpc) is 2.52. The number of rotatable bonds is 5. The third-order valence-corrected chi connectivity index (χ3v) is 3.01. The molecule has 21 heavy (non-hydrogen) atoms. The summed E-state index contributed by atoms with van der Waals surface area (Å²) in [6.07, 6.45) is 0. The normalized spacial score (nSPS) is 11.0. The Kier molecular flexibility index (Phi) is 5.34. The van der Waals surface area contributed by atoms with E-state index in [-0.39, 0.29) is 12.4 Å². The van der Waals surface area contributed by atoms with Crippen molar-refractivity contribution in [2.45, 2.75) is 0 Å². The molecular weight excluding hydrogens is 336 g/mol. The Hall–Kier alpha value is -2.34. The van der Waals surface area contributed by atoms with E-state index in [0.29, 0.717) is 11.3 Å². The molecule has 0 saturated heterocycles. The van der Waals surface area contributed by atoms with Crippen LogP contribution in [-0.2, 0) is 9.63 Å². The second-order valence-electron chi connectivity index (χ2n) is 4.05. The summed E-state index contributed by atoms with van der Waals surface area (Å²) in [6, 6.07) is 16.1. The number of ether oxygens (including phenoxy) is 1. The highest BCUT2D eigenvalue weighted by molar-refractivity contribution is 9.10. The lowest BCUT2D eigenvalue weighted by Gasteiger charge is -2.04. The molecule has 2 N–H and O–H groups in total. The summed E-state index contributed by atoms with van der Waals surface area (Å²) >= 11 is 3.32. The highest BCUT2D eigenvalue weighted by atomic mass is 79.9. The van der Waals surface area contributed by atoms with Gasteiger partial charge in [0.15, 0.2) is 12.4 Å². The van der Waals surface area contributed by atoms with Crippen LogP contribution in [0.4, 0.5) is 0 Å². The summed E-state index contributed by atoms with van der Waals surface area (Å²) in [4.78, 5) is 16.2. The summed E-state index contributed by atoms with van der Waals surface area (Å²) in [5.74, 6) is 0.0776. The van der Waals surface area contributed by atoms with E-state index in [2.05, 4.69) is 21.1 Å². The zero-order valence-electron chi connectivity index (χ0n) is 11.0. The lowest BCUT2D eigenvalue weighted by molar-refractivity contribution is -0.146. The van der Waals surface area contributed by atoms with Gasteiger partial charge >= 0.3 is 5.97 Å². The number of nitrogens with two attached hydrogens (primary N) is 1. The van der Waals surface area contributed by atoms with Gasteiger partial charge in [-0.05, 0) is 24.3 Å². The van der Waals surface area contributed by atoms with Gasteiger partial charge in [0.05, 0.1) is 0 Å². The summed E-state index contributed by atoms with van der Waals surface area (Å²) in [7, 11) is 0. The van der Waals surface area contributed by atoms with Gasteiger partial charge in [-0.1, -0.05) is 51.4 Å². The molecule has 2 aromatic rings. The number of para-hydroxylation sites is 1. The molecular formula is C15H13BrN2O3. The third kappa shape index (κ3) is 4.92. The molecule has 0 aliphatic carbocycles. The van der Waals surface area contributed by atoms with Crippen molar-refractivity contribution < 1.29 is 14.4 Å².